The van der Waals surface area contributed by atoms with Gasteiger partial charge in [-0.25, -0.2) is 5.01 Å². The van der Waals surface area contributed by atoms with Gasteiger partial charge in [-0.3, -0.25) is 5.43 Å². The quantitative estimate of drug-likeness (QED) is 0.754. The molecule has 110 valence electrons. The highest BCUT2D eigenvalue weighted by molar-refractivity contribution is 5.14. The van der Waals surface area contributed by atoms with Gasteiger partial charge in [-0.2, -0.15) is 0 Å². The highest BCUT2D eigenvalue weighted by Crippen LogP contribution is 2.35. The highest BCUT2D eigenvalue weighted by Gasteiger charge is 2.41. The lowest BCUT2D eigenvalue weighted by atomic mass is 9.78. The van der Waals surface area contributed by atoms with Crippen LogP contribution >= 0.6 is 0 Å². The summed E-state index contributed by atoms with van der Waals surface area (Å²) < 4.78 is 0. The predicted molar refractivity (Wildman–Crippen MR) is 80.8 cm³/mol. The molecular weight excluding hydrogens is 236 g/mol. The van der Waals surface area contributed by atoms with Crippen LogP contribution in [0.25, 0.3) is 0 Å². The number of nitrogens with zero attached hydrogens (tertiary/aromatic N) is 2. The van der Waals surface area contributed by atoms with Crippen molar-refractivity contribution in [3.8, 4) is 0 Å². The molecule has 2 atom stereocenters. The molecule has 1 fully saturated rings. The van der Waals surface area contributed by atoms with E-state index in [4.69, 9.17) is 5.73 Å². The van der Waals surface area contributed by atoms with Gasteiger partial charge in [-0.05, 0) is 53.1 Å². The van der Waals surface area contributed by atoms with Gasteiger partial charge in [-0.1, -0.05) is 12.2 Å². The zero-order valence-corrected chi connectivity index (χ0v) is 12.8. The molecule has 1 saturated heterocycles. The molecule has 2 rings (SSSR count). The van der Waals surface area contributed by atoms with Gasteiger partial charge in [0.2, 0.25) is 0 Å². The minimum Gasteiger partial charge on any atom is -0.324 e. The van der Waals surface area contributed by atoms with Crippen molar-refractivity contribution >= 4 is 0 Å². The molecule has 2 unspecified atom stereocenters. The minimum atomic E-state index is -0.157. The fourth-order valence-electron chi connectivity index (χ4n) is 3.76. The van der Waals surface area contributed by atoms with E-state index < -0.39 is 0 Å². The van der Waals surface area contributed by atoms with E-state index in [0.29, 0.717) is 0 Å². The van der Waals surface area contributed by atoms with Crippen molar-refractivity contribution in [2.24, 2.45) is 5.73 Å². The topological polar surface area (TPSA) is 44.5 Å². The molecule has 0 radical (unpaired) electrons. The van der Waals surface area contributed by atoms with Gasteiger partial charge >= 0.3 is 0 Å². The van der Waals surface area contributed by atoms with Gasteiger partial charge in [0.05, 0.1) is 5.54 Å². The Morgan fingerprint density at radius 2 is 2.21 bits per heavy atom. The highest BCUT2D eigenvalue weighted by atomic mass is 15.5. The van der Waals surface area contributed by atoms with Crippen LogP contribution in [0.15, 0.2) is 12.2 Å². The van der Waals surface area contributed by atoms with Gasteiger partial charge in [-0.15, -0.1) is 0 Å². The Morgan fingerprint density at radius 1 is 1.42 bits per heavy atom. The van der Waals surface area contributed by atoms with Crippen molar-refractivity contribution in [3.63, 3.8) is 0 Å². The molecule has 3 N–H and O–H groups in total. The lowest BCUT2D eigenvalue weighted by molar-refractivity contribution is 0.0416. The Bertz CT molecular complexity index is 324. The molecule has 4 heteroatoms. The lowest BCUT2D eigenvalue weighted by Crippen LogP contribution is -2.61. The molecule has 0 aromatic heterocycles. The largest absolute Gasteiger partial charge is 0.324 e. The molecule has 4 nitrogen and oxygen atoms in total. The summed E-state index contributed by atoms with van der Waals surface area (Å²) in [5.74, 6) is 0. The first-order valence-corrected chi connectivity index (χ1v) is 7.56. The molecule has 0 saturated carbocycles. The first-order valence-electron chi connectivity index (χ1n) is 7.56. The Morgan fingerprint density at radius 3 is 2.95 bits per heavy atom. The fraction of sp³-hybridized carbons (Fsp3) is 0.867. The molecule has 19 heavy (non-hydrogen) atoms. The van der Waals surface area contributed by atoms with E-state index in [1.165, 1.54) is 19.3 Å². The Labute approximate surface area is 118 Å². The number of hydrogen-bond acceptors (Lipinski definition) is 4. The summed E-state index contributed by atoms with van der Waals surface area (Å²) in [5, 5.41) is 2.46. The second-order valence-electron chi connectivity index (χ2n) is 6.88. The zero-order chi connectivity index (χ0) is 13.9. The predicted octanol–water partition coefficient (Wildman–Crippen LogP) is 1.34. The Hall–Kier alpha value is -0.420. The van der Waals surface area contributed by atoms with Crippen LogP contribution in [0.4, 0.5) is 0 Å². The number of hydrazine groups is 1. The number of nitrogens with one attached hydrogen (secondary N) is 1. The number of likely N-dealkylation sites (N-methyl/N-ethyl adjacent to an activating group) is 1. The Kier molecular flexibility index (Phi) is 4.66. The standard InChI is InChI=1S/C15H30N4/c1-14(16,13-18(2)3)12-15-8-4-6-10-17-19(15)11-7-5-9-15/h5,9,17H,4,6-8,10-13,16H2,1-3H3. The summed E-state index contributed by atoms with van der Waals surface area (Å²) in [5.41, 5.74) is 10.1. The van der Waals surface area contributed by atoms with E-state index in [2.05, 4.69) is 48.5 Å². The molecule has 0 aromatic carbocycles. The van der Waals surface area contributed by atoms with E-state index in [1.54, 1.807) is 0 Å². The SMILES string of the molecule is CN(C)CC(C)(N)CC12C=CCCN1NCCCC2. The molecular formula is C15H30N4. The van der Waals surface area contributed by atoms with Gasteiger partial charge < -0.3 is 10.6 Å². The summed E-state index contributed by atoms with van der Waals surface area (Å²) in [4.78, 5) is 2.19. The van der Waals surface area contributed by atoms with Crippen LogP contribution in [0.5, 0.6) is 0 Å². The second kappa shape index (κ2) is 5.92. The summed E-state index contributed by atoms with van der Waals surface area (Å²) in [7, 11) is 4.20. The smallest absolute Gasteiger partial charge is 0.0551 e. The first kappa shape index (κ1) is 15.0. The number of hydrogen-bond donors (Lipinski definition) is 2. The molecule has 0 aromatic rings. The maximum atomic E-state index is 6.57. The van der Waals surface area contributed by atoms with Crippen LogP contribution in [0.2, 0.25) is 0 Å². The number of fused-ring (bicyclic) bond motifs is 1. The van der Waals surface area contributed by atoms with E-state index in [1.807, 2.05) is 0 Å². The first-order chi connectivity index (χ1) is 8.94. The molecule has 0 amide bonds. The van der Waals surface area contributed by atoms with Crippen molar-refractivity contribution in [2.45, 2.75) is 50.1 Å². The third kappa shape index (κ3) is 3.78. The van der Waals surface area contributed by atoms with Gasteiger partial charge in [0.1, 0.15) is 0 Å². The molecule has 0 bridgehead atoms. The van der Waals surface area contributed by atoms with E-state index >= 15 is 0 Å². The van der Waals surface area contributed by atoms with E-state index in [0.717, 1.165) is 32.5 Å². The fourth-order valence-corrected chi connectivity index (χ4v) is 3.76. The summed E-state index contributed by atoms with van der Waals surface area (Å²) in [6.45, 7) is 5.32. The third-order valence-electron chi connectivity index (χ3n) is 4.21. The zero-order valence-electron chi connectivity index (χ0n) is 12.8. The van der Waals surface area contributed by atoms with Crippen molar-refractivity contribution in [1.29, 1.82) is 0 Å². The van der Waals surface area contributed by atoms with Crippen molar-refractivity contribution in [3.05, 3.63) is 12.2 Å². The van der Waals surface area contributed by atoms with Crippen LogP contribution in [0, 0.1) is 0 Å². The van der Waals surface area contributed by atoms with Crippen LogP contribution in [0.1, 0.15) is 39.0 Å². The number of rotatable bonds is 4. The van der Waals surface area contributed by atoms with Crippen LogP contribution in [-0.2, 0) is 0 Å². The monoisotopic (exact) mass is 266 g/mol. The van der Waals surface area contributed by atoms with Crippen LogP contribution in [0.3, 0.4) is 0 Å². The van der Waals surface area contributed by atoms with Crippen molar-refractivity contribution < 1.29 is 0 Å². The normalized spacial score (nSPS) is 31.8. The maximum absolute atomic E-state index is 6.57. The van der Waals surface area contributed by atoms with Crippen molar-refractivity contribution in [2.75, 3.05) is 33.7 Å². The maximum Gasteiger partial charge on any atom is 0.0551 e. The summed E-state index contributed by atoms with van der Waals surface area (Å²) in [6, 6.07) is 0. The van der Waals surface area contributed by atoms with Crippen LogP contribution in [-0.4, -0.2) is 54.7 Å². The molecule has 2 aliphatic heterocycles. The van der Waals surface area contributed by atoms with E-state index in [9.17, 15) is 0 Å². The number of nitrogens with two attached hydrogens (primary N) is 1. The van der Waals surface area contributed by atoms with Crippen LogP contribution < -0.4 is 11.2 Å². The average Bonchev–Trinajstić information content (AvgIpc) is 2.48. The van der Waals surface area contributed by atoms with Crippen molar-refractivity contribution in [1.82, 2.24) is 15.3 Å². The third-order valence-corrected chi connectivity index (χ3v) is 4.21. The lowest BCUT2D eigenvalue weighted by Gasteiger charge is -2.47. The summed E-state index contributed by atoms with van der Waals surface area (Å²) in [6.07, 6.45) is 10.7. The molecule has 2 heterocycles. The molecule has 2 aliphatic rings. The van der Waals surface area contributed by atoms with Gasteiger partial charge in [0.15, 0.2) is 0 Å². The van der Waals surface area contributed by atoms with Gasteiger partial charge in [0, 0.05) is 25.2 Å². The minimum absolute atomic E-state index is 0.119. The Balaban J connectivity index is 2.16. The molecule has 0 spiro atoms. The molecule has 0 aliphatic carbocycles. The van der Waals surface area contributed by atoms with Gasteiger partial charge in [0.25, 0.3) is 0 Å². The second-order valence-corrected chi connectivity index (χ2v) is 6.88. The van der Waals surface area contributed by atoms with E-state index in [-0.39, 0.29) is 11.1 Å². The summed E-state index contributed by atoms with van der Waals surface area (Å²) >= 11 is 0. The average molecular weight is 266 g/mol.